The van der Waals surface area contributed by atoms with Crippen molar-refractivity contribution < 1.29 is 17.5 Å². The molecule has 0 unspecified atom stereocenters. The fraction of sp³-hybridized carbons (Fsp3) is 0.154. The molecule has 0 amide bonds. The van der Waals surface area contributed by atoms with Crippen LogP contribution in [0.15, 0.2) is 84.1 Å². The molecule has 0 atom stereocenters. The van der Waals surface area contributed by atoms with Crippen molar-refractivity contribution in [1.82, 2.24) is 20.2 Å². The van der Waals surface area contributed by atoms with Crippen molar-refractivity contribution in [2.45, 2.75) is 20.3 Å². The van der Waals surface area contributed by atoms with E-state index in [1.54, 1.807) is 37.8 Å². The Balaban J connectivity index is 1.78. The zero-order chi connectivity index (χ0) is 25.7. The molecule has 3 heterocycles. The fourth-order valence-corrected chi connectivity index (χ4v) is 4.88. The standard InChI is InChI=1S/C26H24FN5O3S/c1-4-21(7-5-17(2)27)36(33,34)32-25-14-20(15-29-26(25)35-3)18-6-8-24-23(13-18)22(10-11-28-24)19-9-12-30-31-16-19/h5-16,32H,4H2,1-3H3/b17-5+,21-7+. The quantitative estimate of drug-likeness (QED) is 0.307. The second-order valence-corrected chi connectivity index (χ2v) is 9.58. The normalized spacial score (nSPS) is 12.6. The smallest absolute Gasteiger partial charge is 0.258 e. The third kappa shape index (κ3) is 5.38. The molecule has 0 aliphatic heterocycles. The molecule has 1 aromatic carbocycles. The summed E-state index contributed by atoms with van der Waals surface area (Å²) in [5.41, 5.74) is 4.26. The third-order valence-corrected chi connectivity index (χ3v) is 7.06. The van der Waals surface area contributed by atoms with Gasteiger partial charge in [0.15, 0.2) is 0 Å². The highest BCUT2D eigenvalue weighted by atomic mass is 32.2. The van der Waals surface area contributed by atoms with Gasteiger partial charge in [0.05, 0.1) is 35.8 Å². The minimum Gasteiger partial charge on any atom is -0.480 e. The van der Waals surface area contributed by atoms with Crippen LogP contribution < -0.4 is 9.46 Å². The van der Waals surface area contributed by atoms with E-state index in [0.717, 1.165) is 33.7 Å². The highest BCUT2D eigenvalue weighted by Gasteiger charge is 2.19. The molecule has 0 fully saturated rings. The van der Waals surface area contributed by atoms with Crippen molar-refractivity contribution in [3.05, 3.63) is 84.1 Å². The molecule has 0 aliphatic rings. The summed E-state index contributed by atoms with van der Waals surface area (Å²) >= 11 is 0. The molecule has 0 saturated heterocycles. The van der Waals surface area contributed by atoms with E-state index in [4.69, 9.17) is 4.74 Å². The van der Waals surface area contributed by atoms with E-state index in [2.05, 4.69) is 24.9 Å². The second kappa shape index (κ2) is 10.6. The first-order valence-corrected chi connectivity index (χ1v) is 12.6. The number of halogens is 1. The van der Waals surface area contributed by atoms with Crippen LogP contribution in [0.3, 0.4) is 0 Å². The van der Waals surface area contributed by atoms with E-state index in [-0.39, 0.29) is 22.9 Å². The molecule has 10 heteroatoms. The van der Waals surface area contributed by atoms with E-state index < -0.39 is 15.9 Å². The number of allylic oxidation sites excluding steroid dienone is 4. The summed E-state index contributed by atoms with van der Waals surface area (Å²) in [7, 11) is -2.57. The molecule has 4 rings (SSSR count). The highest BCUT2D eigenvalue weighted by molar-refractivity contribution is 7.96. The van der Waals surface area contributed by atoms with Gasteiger partial charge in [-0.1, -0.05) is 13.0 Å². The first-order chi connectivity index (χ1) is 17.3. The minimum atomic E-state index is -3.97. The number of methoxy groups -OCH3 is 1. The molecular weight excluding hydrogens is 481 g/mol. The van der Waals surface area contributed by atoms with Crippen LogP contribution in [0, 0.1) is 0 Å². The SMILES string of the molecule is CC/C(=C\C=C(/C)F)S(=O)(=O)Nc1cc(-c2ccc3nccc(-c4ccnnc4)c3c2)cnc1OC. The zero-order valence-electron chi connectivity index (χ0n) is 19.9. The summed E-state index contributed by atoms with van der Waals surface area (Å²) in [6.45, 7) is 2.92. The van der Waals surface area contributed by atoms with E-state index in [1.807, 2.05) is 30.3 Å². The summed E-state index contributed by atoms with van der Waals surface area (Å²) in [6.07, 6.45) is 9.18. The molecule has 0 spiro atoms. The predicted octanol–water partition coefficient (Wildman–Crippen LogP) is 5.67. The van der Waals surface area contributed by atoms with Gasteiger partial charge in [-0.15, -0.1) is 0 Å². The van der Waals surface area contributed by atoms with Crippen molar-refractivity contribution in [3.8, 4) is 28.1 Å². The Hall–Kier alpha value is -4.18. The van der Waals surface area contributed by atoms with Gasteiger partial charge in [-0.2, -0.15) is 10.2 Å². The summed E-state index contributed by atoms with van der Waals surface area (Å²) in [4.78, 5) is 8.78. The molecular formula is C26H24FN5O3S. The number of sulfonamides is 1. The Bertz CT molecular complexity index is 1570. The maximum absolute atomic E-state index is 13.2. The van der Waals surface area contributed by atoms with Gasteiger partial charge in [0, 0.05) is 28.9 Å². The maximum Gasteiger partial charge on any atom is 0.258 e. The van der Waals surface area contributed by atoms with Gasteiger partial charge in [0.25, 0.3) is 10.0 Å². The van der Waals surface area contributed by atoms with Crippen LogP contribution in [0.1, 0.15) is 20.3 Å². The van der Waals surface area contributed by atoms with Crippen molar-refractivity contribution in [2.24, 2.45) is 0 Å². The average Bonchev–Trinajstić information content (AvgIpc) is 2.88. The number of aromatic nitrogens is 4. The fourth-order valence-electron chi connectivity index (χ4n) is 3.69. The van der Waals surface area contributed by atoms with Gasteiger partial charge in [0.1, 0.15) is 5.69 Å². The van der Waals surface area contributed by atoms with Gasteiger partial charge < -0.3 is 4.74 Å². The number of ether oxygens (including phenoxy) is 1. The van der Waals surface area contributed by atoms with Gasteiger partial charge in [-0.3, -0.25) is 9.71 Å². The summed E-state index contributed by atoms with van der Waals surface area (Å²) in [5, 5.41) is 8.71. The Labute approximate surface area is 208 Å². The Morgan fingerprint density at radius 3 is 2.53 bits per heavy atom. The summed E-state index contributed by atoms with van der Waals surface area (Å²) < 4.78 is 47.0. The summed E-state index contributed by atoms with van der Waals surface area (Å²) in [6, 6.07) is 11.2. The molecule has 0 radical (unpaired) electrons. The topological polar surface area (TPSA) is 107 Å². The van der Waals surface area contributed by atoms with Crippen LogP contribution in [0.4, 0.5) is 10.1 Å². The van der Waals surface area contributed by atoms with E-state index in [1.165, 1.54) is 20.1 Å². The van der Waals surface area contributed by atoms with Gasteiger partial charge in [0.2, 0.25) is 5.88 Å². The maximum atomic E-state index is 13.2. The number of hydrogen-bond acceptors (Lipinski definition) is 7. The second-order valence-electron chi connectivity index (χ2n) is 7.85. The van der Waals surface area contributed by atoms with E-state index >= 15 is 0 Å². The molecule has 0 bridgehead atoms. The van der Waals surface area contributed by atoms with Crippen molar-refractivity contribution >= 4 is 26.6 Å². The van der Waals surface area contributed by atoms with Crippen LogP contribution in [-0.4, -0.2) is 35.7 Å². The Morgan fingerprint density at radius 1 is 1.00 bits per heavy atom. The lowest BCUT2D eigenvalue weighted by molar-refractivity contribution is 0.400. The lowest BCUT2D eigenvalue weighted by Crippen LogP contribution is -2.15. The minimum absolute atomic E-state index is 0.0272. The van der Waals surface area contributed by atoms with E-state index in [9.17, 15) is 12.8 Å². The number of anilines is 1. The number of fused-ring (bicyclic) bond motifs is 1. The number of rotatable bonds is 8. The highest BCUT2D eigenvalue weighted by Crippen LogP contribution is 2.34. The van der Waals surface area contributed by atoms with Crippen molar-refractivity contribution in [2.75, 3.05) is 11.8 Å². The molecule has 4 aromatic rings. The molecule has 0 aliphatic carbocycles. The predicted molar refractivity (Wildman–Crippen MR) is 138 cm³/mol. The third-order valence-electron chi connectivity index (χ3n) is 5.45. The molecule has 1 N–H and O–H groups in total. The van der Waals surface area contributed by atoms with Crippen LogP contribution >= 0.6 is 0 Å². The van der Waals surface area contributed by atoms with E-state index in [0.29, 0.717) is 5.56 Å². The number of nitrogens with zero attached hydrogens (tertiary/aromatic N) is 4. The first-order valence-electron chi connectivity index (χ1n) is 11.1. The molecule has 184 valence electrons. The number of hydrogen-bond donors (Lipinski definition) is 1. The van der Waals surface area contributed by atoms with Gasteiger partial charge >= 0.3 is 0 Å². The number of pyridine rings is 2. The molecule has 0 saturated carbocycles. The zero-order valence-corrected chi connectivity index (χ0v) is 20.8. The first kappa shape index (κ1) is 24.9. The number of nitrogens with one attached hydrogen (secondary N) is 1. The molecule has 36 heavy (non-hydrogen) atoms. The largest absolute Gasteiger partial charge is 0.480 e. The van der Waals surface area contributed by atoms with Crippen LogP contribution in [0.2, 0.25) is 0 Å². The van der Waals surface area contributed by atoms with Gasteiger partial charge in [-0.05, 0) is 67.0 Å². The Kier molecular flexibility index (Phi) is 7.35. The lowest BCUT2D eigenvalue weighted by atomic mass is 9.99. The Morgan fingerprint density at radius 2 is 1.83 bits per heavy atom. The number of benzene rings is 1. The van der Waals surface area contributed by atoms with Crippen molar-refractivity contribution in [1.29, 1.82) is 0 Å². The van der Waals surface area contributed by atoms with Crippen LogP contribution in [-0.2, 0) is 10.0 Å². The lowest BCUT2D eigenvalue weighted by Gasteiger charge is -2.14. The van der Waals surface area contributed by atoms with Gasteiger partial charge in [-0.25, -0.2) is 17.8 Å². The summed E-state index contributed by atoms with van der Waals surface area (Å²) in [5.74, 6) is -0.383. The molecule has 8 nitrogen and oxygen atoms in total. The van der Waals surface area contributed by atoms with Crippen LogP contribution in [0.5, 0.6) is 5.88 Å². The average molecular weight is 506 g/mol. The van der Waals surface area contributed by atoms with Crippen molar-refractivity contribution in [3.63, 3.8) is 0 Å². The van der Waals surface area contributed by atoms with Crippen LogP contribution in [0.25, 0.3) is 33.2 Å². The monoisotopic (exact) mass is 505 g/mol. The molecule has 3 aromatic heterocycles.